The third-order valence-corrected chi connectivity index (χ3v) is 3.61. The highest BCUT2D eigenvalue weighted by Crippen LogP contribution is 2.14. The summed E-state index contributed by atoms with van der Waals surface area (Å²) in [6.45, 7) is 4.03. The predicted octanol–water partition coefficient (Wildman–Crippen LogP) is 0.798. The first kappa shape index (κ1) is 12.3. The maximum Gasteiger partial charge on any atom is 0.258 e. The number of nitrogens with one attached hydrogen (secondary N) is 1. The summed E-state index contributed by atoms with van der Waals surface area (Å²) >= 11 is 0. The average molecular weight is 259 g/mol. The van der Waals surface area contributed by atoms with Gasteiger partial charge in [-0.05, 0) is 25.0 Å². The highest BCUT2D eigenvalue weighted by molar-refractivity contribution is 5.80. The lowest BCUT2D eigenvalue weighted by Crippen LogP contribution is -2.24. The van der Waals surface area contributed by atoms with E-state index in [1.165, 1.54) is 0 Å². The van der Waals surface area contributed by atoms with Gasteiger partial charge in [0.15, 0.2) is 0 Å². The Hall–Kier alpha value is -1.72. The number of likely N-dealkylation sites (tertiary alicyclic amines) is 1. The summed E-state index contributed by atoms with van der Waals surface area (Å²) in [5, 5.41) is 10.1. The Bertz CT molecular complexity index is 665. The van der Waals surface area contributed by atoms with E-state index in [0.717, 1.165) is 24.0 Å². The van der Waals surface area contributed by atoms with Gasteiger partial charge in [0.2, 0.25) is 0 Å². The Balaban J connectivity index is 1.97. The maximum absolute atomic E-state index is 12.0. The molecule has 5 heteroatoms. The molecule has 5 nitrogen and oxygen atoms in total. The number of H-pyrrole nitrogens is 1. The SMILES string of the molecule is Cc1cccc2c(=O)[nH]c(CN3CC[C@@H](O)C3)nc12. The molecule has 2 N–H and O–H groups in total. The molecule has 0 saturated carbocycles. The van der Waals surface area contributed by atoms with Crippen molar-refractivity contribution in [2.45, 2.75) is 26.0 Å². The average Bonchev–Trinajstić information content (AvgIpc) is 2.76. The van der Waals surface area contributed by atoms with Gasteiger partial charge in [0.1, 0.15) is 5.82 Å². The molecule has 0 bridgehead atoms. The molecule has 0 aliphatic carbocycles. The highest BCUT2D eigenvalue weighted by atomic mass is 16.3. The summed E-state index contributed by atoms with van der Waals surface area (Å²) in [6, 6.07) is 5.61. The smallest absolute Gasteiger partial charge is 0.258 e. The minimum atomic E-state index is -0.256. The number of hydrogen-bond acceptors (Lipinski definition) is 4. The number of aryl methyl sites for hydroxylation is 1. The largest absolute Gasteiger partial charge is 0.392 e. The zero-order valence-electron chi connectivity index (χ0n) is 10.9. The van der Waals surface area contributed by atoms with Crippen LogP contribution in [0.2, 0.25) is 0 Å². The number of β-amino-alcohol motifs (C(OH)–C–C–N with tert-alkyl or cyclic N) is 1. The maximum atomic E-state index is 12.0. The Labute approximate surface area is 110 Å². The Kier molecular flexibility index (Phi) is 3.08. The first-order valence-corrected chi connectivity index (χ1v) is 6.52. The van der Waals surface area contributed by atoms with Gasteiger partial charge in [0, 0.05) is 13.1 Å². The summed E-state index contributed by atoms with van der Waals surface area (Å²) in [5.74, 6) is 0.668. The second-order valence-corrected chi connectivity index (χ2v) is 5.16. The van der Waals surface area contributed by atoms with Crippen molar-refractivity contribution < 1.29 is 5.11 Å². The molecule has 2 aromatic rings. The summed E-state index contributed by atoms with van der Waals surface area (Å²) in [6.07, 6.45) is 0.533. The van der Waals surface area contributed by atoms with Crippen LogP contribution in [0.25, 0.3) is 10.9 Å². The van der Waals surface area contributed by atoms with Crippen molar-refractivity contribution in [3.05, 3.63) is 39.9 Å². The van der Waals surface area contributed by atoms with Crippen molar-refractivity contribution in [3.8, 4) is 0 Å². The first-order valence-electron chi connectivity index (χ1n) is 6.52. The van der Waals surface area contributed by atoms with E-state index in [1.807, 2.05) is 19.1 Å². The third-order valence-electron chi connectivity index (χ3n) is 3.61. The standard InChI is InChI=1S/C14H17N3O2/c1-9-3-2-4-11-13(9)15-12(16-14(11)19)8-17-6-5-10(18)7-17/h2-4,10,18H,5-8H2,1H3,(H,15,16,19)/t10-/m1/s1. The topological polar surface area (TPSA) is 69.2 Å². The molecular formula is C14H17N3O2. The van der Waals surface area contributed by atoms with E-state index in [0.29, 0.717) is 24.3 Å². The van der Waals surface area contributed by atoms with Crippen LogP contribution in [0.3, 0.4) is 0 Å². The van der Waals surface area contributed by atoms with E-state index in [4.69, 9.17) is 0 Å². The summed E-state index contributed by atoms with van der Waals surface area (Å²) in [7, 11) is 0. The van der Waals surface area contributed by atoms with E-state index >= 15 is 0 Å². The van der Waals surface area contributed by atoms with Gasteiger partial charge in [-0.15, -0.1) is 0 Å². The molecule has 0 amide bonds. The molecule has 1 aliphatic rings. The lowest BCUT2D eigenvalue weighted by Gasteiger charge is -2.14. The number of aromatic amines is 1. The Morgan fingerprint density at radius 1 is 1.53 bits per heavy atom. The van der Waals surface area contributed by atoms with Crippen LogP contribution in [0, 0.1) is 6.92 Å². The normalized spacial score (nSPS) is 20.2. The van der Waals surface area contributed by atoms with Crippen molar-refractivity contribution in [3.63, 3.8) is 0 Å². The van der Waals surface area contributed by atoms with E-state index in [2.05, 4.69) is 14.9 Å². The zero-order chi connectivity index (χ0) is 13.4. The number of nitrogens with zero attached hydrogens (tertiary/aromatic N) is 2. The minimum Gasteiger partial charge on any atom is -0.392 e. The Morgan fingerprint density at radius 3 is 3.11 bits per heavy atom. The van der Waals surface area contributed by atoms with Crippen molar-refractivity contribution >= 4 is 10.9 Å². The van der Waals surface area contributed by atoms with E-state index in [-0.39, 0.29) is 11.7 Å². The fraction of sp³-hybridized carbons (Fsp3) is 0.429. The van der Waals surface area contributed by atoms with Crippen molar-refractivity contribution in [1.82, 2.24) is 14.9 Å². The number of hydrogen-bond donors (Lipinski definition) is 2. The molecule has 1 aromatic carbocycles. The molecule has 0 unspecified atom stereocenters. The van der Waals surface area contributed by atoms with Crippen molar-refractivity contribution in [1.29, 1.82) is 0 Å². The van der Waals surface area contributed by atoms with Gasteiger partial charge in [-0.2, -0.15) is 0 Å². The molecule has 1 saturated heterocycles. The molecule has 100 valence electrons. The number of aliphatic hydroxyl groups excluding tert-OH is 1. The van der Waals surface area contributed by atoms with Crippen LogP contribution >= 0.6 is 0 Å². The number of para-hydroxylation sites is 1. The van der Waals surface area contributed by atoms with Crippen LogP contribution in [0.15, 0.2) is 23.0 Å². The van der Waals surface area contributed by atoms with Crippen LogP contribution < -0.4 is 5.56 Å². The molecule has 1 aromatic heterocycles. The number of rotatable bonds is 2. The molecule has 1 atom stereocenters. The van der Waals surface area contributed by atoms with Crippen molar-refractivity contribution in [2.24, 2.45) is 0 Å². The summed E-state index contributed by atoms with van der Waals surface area (Å²) in [5.41, 5.74) is 1.68. The first-order chi connectivity index (χ1) is 9.13. The van der Waals surface area contributed by atoms with Gasteiger partial charge in [0.25, 0.3) is 5.56 Å². The highest BCUT2D eigenvalue weighted by Gasteiger charge is 2.21. The van der Waals surface area contributed by atoms with Crippen LogP contribution in [-0.2, 0) is 6.54 Å². The van der Waals surface area contributed by atoms with Gasteiger partial charge in [-0.25, -0.2) is 4.98 Å². The van der Waals surface area contributed by atoms with E-state index in [1.54, 1.807) is 6.07 Å². The number of benzene rings is 1. The summed E-state index contributed by atoms with van der Waals surface area (Å²) in [4.78, 5) is 21.5. The van der Waals surface area contributed by atoms with Crippen LogP contribution in [0.4, 0.5) is 0 Å². The lowest BCUT2D eigenvalue weighted by atomic mass is 10.1. The molecular weight excluding hydrogens is 242 g/mol. The van der Waals surface area contributed by atoms with Crippen LogP contribution in [-0.4, -0.2) is 39.2 Å². The second-order valence-electron chi connectivity index (χ2n) is 5.16. The minimum absolute atomic E-state index is 0.0940. The predicted molar refractivity (Wildman–Crippen MR) is 73.0 cm³/mol. The van der Waals surface area contributed by atoms with E-state index in [9.17, 15) is 9.90 Å². The van der Waals surface area contributed by atoms with Crippen LogP contribution in [0.1, 0.15) is 17.8 Å². The van der Waals surface area contributed by atoms with Gasteiger partial charge < -0.3 is 10.1 Å². The summed E-state index contributed by atoms with van der Waals surface area (Å²) < 4.78 is 0. The van der Waals surface area contributed by atoms with Gasteiger partial charge >= 0.3 is 0 Å². The van der Waals surface area contributed by atoms with Crippen LogP contribution in [0.5, 0.6) is 0 Å². The molecule has 19 heavy (non-hydrogen) atoms. The quantitative estimate of drug-likeness (QED) is 0.837. The molecule has 2 heterocycles. The number of aliphatic hydroxyl groups is 1. The fourth-order valence-corrected chi connectivity index (χ4v) is 2.59. The molecule has 1 aliphatic heterocycles. The van der Waals surface area contributed by atoms with E-state index < -0.39 is 0 Å². The fourth-order valence-electron chi connectivity index (χ4n) is 2.59. The third kappa shape index (κ3) is 2.39. The lowest BCUT2D eigenvalue weighted by molar-refractivity contribution is 0.174. The Morgan fingerprint density at radius 2 is 2.37 bits per heavy atom. The second kappa shape index (κ2) is 4.75. The van der Waals surface area contributed by atoms with Gasteiger partial charge in [0.05, 0.1) is 23.6 Å². The monoisotopic (exact) mass is 259 g/mol. The van der Waals surface area contributed by atoms with Gasteiger partial charge in [-0.3, -0.25) is 9.69 Å². The zero-order valence-corrected chi connectivity index (χ0v) is 10.9. The molecule has 0 radical (unpaired) electrons. The number of aromatic nitrogens is 2. The number of fused-ring (bicyclic) bond motifs is 1. The van der Waals surface area contributed by atoms with Gasteiger partial charge in [-0.1, -0.05) is 12.1 Å². The molecule has 3 rings (SSSR count). The molecule has 1 fully saturated rings. The molecule has 0 spiro atoms. The van der Waals surface area contributed by atoms with Crippen molar-refractivity contribution in [2.75, 3.05) is 13.1 Å².